The molecular formula is C10H11F2N5O. The molecule has 0 unspecified atom stereocenters. The van der Waals surface area contributed by atoms with Crippen LogP contribution in [0.15, 0.2) is 18.2 Å². The summed E-state index contributed by atoms with van der Waals surface area (Å²) < 4.78 is 30.8. The van der Waals surface area contributed by atoms with Crippen molar-refractivity contribution < 1.29 is 13.5 Å². The van der Waals surface area contributed by atoms with Crippen LogP contribution < -0.4 is 10.5 Å². The molecule has 1 heterocycles. The lowest BCUT2D eigenvalue weighted by Crippen LogP contribution is -2.10. The normalized spacial score (nSPS) is 10.9. The van der Waals surface area contributed by atoms with Gasteiger partial charge in [0, 0.05) is 11.3 Å². The summed E-state index contributed by atoms with van der Waals surface area (Å²) in [5.74, 6) is 0.734. The number of hydrogen-bond donors (Lipinski definition) is 1. The van der Waals surface area contributed by atoms with Gasteiger partial charge in [-0.15, -0.1) is 5.10 Å². The highest BCUT2D eigenvalue weighted by molar-refractivity contribution is 5.73. The maximum atomic E-state index is 12.4. The molecule has 2 N–H and O–H groups in total. The van der Waals surface area contributed by atoms with Crippen LogP contribution >= 0.6 is 0 Å². The van der Waals surface area contributed by atoms with E-state index in [1.165, 1.54) is 7.11 Å². The number of halogens is 2. The summed E-state index contributed by atoms with van der Waals surface area (Å²) >= 11 is 0. The van der Waals surface area contributed by atoms with Gasteiger partial charge in [-0.05, 0) is 28.6 Å². The third-order valence-electron chi connectivity index (χ3n) is 2.34. The second-order valence-corrected chi connectivity index (χ2v) is 3.53. The van der Waals surface area contributed by atoms with Crippen LogP contribution in [-0.4, -0.2) is 33.7 Å². The van der Waals surface area contributed by atoms with E-state index in [0.29, 0.717) is 17.0 Å². The quantitative estimate of drug-likeness (QED) is 0.830. The van der Waals surface area contributed by atoms with Crippen molar-refractivity contribution >= 4 is 5.69 Å². The van der Waals surface area contributed by atoms with Gasteiger partial charge in [0.05, 0.1) is 7.11 Å². The fourth-order valence-corrected chi connectivity index (χ4v) is 1.51. The van der Waals surface area contributed by atoms with Crippen molar-refractivity contribution in [3.05, 3.63) is 18.2 Å². The molecule has 0 saturated heterocycles. The molecule has 0 radical (unpaired) electrons. The van der Waals surface area contributed by atoms with Gasteiger partial charge in [-0.25, -0.2) is 13.5 Å². The standard InChI is InChI=1S/C10H11F2N5O/c1-18-6-2-3-8(13)7(4-6)10-14-15-16-17(10)5-9(11)12/h2-4,9H,5,13H2,1H3. The first-order valence-corrected chi connectivity index (χ1v) is 5.10. The molecular weight excluding hydrogens is 244 g/mol. The zero-order valence-corrected chi connectivity index (χ0v) is 9.55. The number of tetrazole rings is 1. The number of rotatable bonds is 4. The second kappa shape index (κ2) is 4.94. The van der Waals surface area contributed by atoms with Crippen LogP contribution in [0.2, 0.25) is 0 Å². The minimum absolute atomic E-state index is 0.187. The Morgan fingerprint density at radius 1 is 1.44 bits per heavy atom. The molecule has 0 aliphatic rings. The smallest absolute Gasteiger partial charge is 0.258 e. The molecule has 0 saturated carbocycles. The molecule has 0 spiro atoms. The third kappa shape index (κ3) is 2.36. The van der Waals surface area contributed by atoms with Crippen LogP contribution in [0.3, 0.4) is 0 Å². The number of nitrogens with zero attached hydrogens (tertiary/aromatic N) is 4. The zero-order chi connectivity index (χ0) is 13.1. The SMILES string of the molecule is COc1ccc(N)c(-c2nnnn2CC(F)F)c1. The fraction of sp³-hybridized carbons (Fsp3) is 0.300. The van der Waals surface area contributed by atoms with E-state index in [4.69, 9.17) is 10.5 Å². The van der Waals surface area contributed by atoms with Gasteiger partial charge in [0.2, 0.25) is 0 Å². The molecule has 1 aromatic carbocycles. The Hall–Kier alpha value is -2.25. The van der Waals surface area contributed by atoms with Crippen LogP contribution in [0.4, 0.5) is 14.5 Å². The fourth-order valence-electron chi connectivity index (χ4n) is 1.51. The summed E-state index contributed by atoms with van der Waals surface area (Å²) in [5, 5.41) is 10.6. The molecule has 0 amide bonds. The molecule has 2 aromatic rings. The zero-order valence-electron chi connectivity index (χ0n) is 9.55. The lowest BCUT2D eigenvalue weighted by atomic mass is 10.1. The van der Waals surface area contributed by atoms with Crippen LogP contribution in [0.25, 0.3) is 11.4 Å². The van der Waals surface area contributed by atoms with Crippen molar-refractivity contribution in [1.82, 2.24) is 20.2 Å². The Balaban J connectivity index is 2.45. The number of ether oxygens (including phenoxy) is 1. The van der Waals surface area contributed by atoms with E-state index in [-0.39, 0.29) is 5.82 Å². The van der Waals surface area contributed by atoms with Crippen molar-refractivity contribution in [2.75, 3.05) is 12.8 Å². The Bertz CT molecular complexity index is 543. The minimum Gasteiger partial charge on any atom is -0.497 e. The number of nitrogen functional groups attached to an aromatic ring is 1. The molecule has 18 heavy (non-hydrogen) atoms. The molecule has 0 atom stereocenters. The Kier molecular flexibility index (Phi) is 3.35. The van der Waals surface area contributed by atoms with Crippen LogP contribution in [0.5, 0.6) is 5.75 Å². The molecule has 0 bridgehead atoms. The van der Waals surface area contributed by atoms with E-state index < -0.39 is 13.0 Å². The highest BCUT2D eigenvalue weighted by atomic mass is 19.3. The molecule has 0 aliphatic carbocycles. The molecule has 2 rings (SSSR count). The highest BCUT2D eigenvalue weighted by Gasteiger charge is 2.15. The van der Waals surface area contributed by atoms with E-state index in [2.05, 4.69) is 15.5 Å². The molecule has 1 aromatic heterocycles. The number of benzene rings is 1. The maximum absolute atomic E-state index is 12.4. The minimum atomic E-state index is -2.54. The third-order valence-corrected chi connectivity index (χ3v) is 2.34. The van der Waals surface area contributed by atoms with Crippen molar-refractivity contribution in [3.8, 4) is 17.1 Å². The summed E-state index contributed by atoms with van der Waals surface area (Å²) in [4.78, 5) is 0. The molecule has 0 fully saturated rings. The maximum Gasteiger partial charge on any atom is 0.258 e. The van der Waals surface area contributed by atoms with Gasteiger partial charge < -0.3 is 10.5 Å². The highest BCUT2D eigenvalue weighted by Crippen LogP contribution is 2.28. The Morgan fingerprint density at radius 2 is 2.22 bits per heavy atom. The molecule has 96 valence electrons. The monoisotopic (exact) mass is 255 g/mol. The largest absolute Gasteiger partial charge is 0.497 e. The first kappa shape index (κ1) is 12.2. The van der Waals surface area contributed by atoms with Crippen LogP contribution in [0, 0.1) is 0 Å². The molecule has 6 nitrogen and oxygen atoms in total. The number of nitrogens with two attached hydrogens (primary N) is 1. The second-order valence-electron chi connectivity index (χ2n) is 3.53. The summed E-state index contributed by atoms with van der Waals surface area (Å²) in [6, 6.07) is 4.87. The van der Waals surface area contributed by atoms with Gasteiger partial charge in [0.25, 0.3) is 6.43 Å². The lowest BCUT2D eigenvalue weighted by molar-refractivity contribution is 0.121. The number of anilines is 1. The van der Waals surface area contributed by atoms with Crippen molar-refractivity contribution in [2.45, 2.75) is 13.0 Å². The molecule has 0 aliphatic heterocycles. The van der Waals surface area contributed by atoms with Gasteiger partial charge in [-0.3, -0.25) is 0 Å². The van der Waals surface area contributed by atoms with Crippen molar-refractivity contribution in [1.29, 1.82) is 0 Å². The van der Waals surface area contributed by atoms with Crippen LogP contribution in [0.1, 0.15) is 0 Å². The summed E-state index contributed by atoms with van der Waals surface area (Å²) in [6.07, 6.45) is -2.54. The number of methoxy groups -OCH3 is 1. The van der Waals surface area contributed by atoms with Gasteiger partial charge >= 0.3 is 0 Å². The van der Waals surface area contributed by atoms with Gasteiger partial charge in [0.15, 0.2) is 5.82 Å². The summed E-state index contributed by atoms with van der Waals surface area (Å²) in [5.41, 5.74) is 6.63. The first-order chi connectivity index (χ1) is 8.61. The van der Waals surface area contributed by atoms with Crippen LogP contribution in [-0.2, 0) is 6.54 Å². The number of hydrogen-bond acceptors (Lipinski definition) is 5. The van der Waals surface area contributed by atoms with E-state index >= 15 is 0 Å². The predicted molar refractivity (Wildman–Crippen MR) is 60.2 cm³/mol. The van der Waals surface area contributed by atoms with Gasteiger partial charge in [-0.1, -0.05) is 0 Å². The lowest BCUT2D eigenvalue weighted by Gasteiger charge is -2.08. The van der Waals surface area contributed by atoms with E-state index in [1.54, 1.807) is 18.2 Å². The molecule has 8 heteroatoms. The first-order valence-electron chi connectivity index (χ1n) is 5.10. The Morgan fingerprint density at radius 3 is 2.89 bits per heavy atom. The van der Waals surface area contributed by atoms with E-state index in [0.717, 1.165) is 4.68 Å². The average Bonchev–Trinajstić information content (AvgIpc) is 2.77. The van der Waals surface area contributed by atoms with Gasteiger partial charge in [0.1, 0.15) is 12.3 Å². The topological polar surface area (TPSA) is 78.8 Å². The van der Waals surface area contributed by atoms with E-state index in [9.17, 15) is 8.78 Å². The van der Waals surface area contributed by atoms with Crippen molar-refractivity contribution in [3.63, 3.8) is 0 Å². The van der Waals surface area contributed by atoms with Gasteiger partial charge in [-0.2, -0.15) is 0 Å². The average molecular weight is 255 g/mol. The number of alkyl halides is 2. The summed E-state index contributed by atoms with van der Waals surface area (Å²) in [7, 11) is 1.50. The van der Waals surface area contributed by atoms with E-state index in [1.807, 2.05) is 0 Å². The predicted octanol–water partition coefficient (Wildman–Crippen LogP) is 1.20. The number of aromatic nitrogens is 4. The Labute approximate surface area is 101 Å². The summed E-state index contributed by atoms with van der Waals surface area (Å²) in [6.45, 7) is -0.584. The van der Waals surface area contributed by atoms with Crippen molar-refractivity contribution in [2.24, 2.45) is 0 Å².